The van der Waals surface area contributed by atoms with Crippen LogP contribution in [0, 0.1) is 11.8 Å². The fourth-order valence-electron chi connectivity index (χ4n) is 4.74. The molecule has 1 aliphatic carbocycles. The van der Waals surface area contributed by atoms with Crippen LogP contribution in [-0.4, -0.2) is 54.4 Å². The van der Waals surface area contributed by atoms with Crippen molar-refractivity contribution in [3.63, 3.8) is 0 Å². The molecule has 1 unspecified atom stereocenters. The summed E-state index contributed by atoms with van der Waals surface area (Å²) in [6.45, 7) is 5.40. The zero-order chi connectivity index (χ0) is 22.5. The Kier molecular flexibility index (Phi) is 5.10. The number of pyridine rings is 1. The van der Waals surface area contributed by atoms with E-state index in [1.807, 2.05) is 10.7 Å². The first kappa shape index (κ1) is 20.8. The van der Waals surface area contributed by atoms with Crippen LogP contribution in [0.2, 0.25) is 0 Å². The molecule has 170 valence electrons. The second kappa shape index (κ2) is 7.83. The SMILES string of the molecule is CC(C)Cn1ncc2cnc(-c3[nH]ncc3NC(=O)N3CCC(C(F)F)CC34CC4)cc21. The number of anilines is 1. The zero-order valence-electron chi connectivity index (χ0n) is 18.2. The lowest BCUT2D eigenvalue weighted by atomic mass is 9.89. The van der Waals surface area contributed by atoms with Crippen LogP contribution in [-0.2, 0) is 6.54 Å². The topological polar surface area (TPSA) is 91.7 Å². The number of rotatable bonds is 5. The number of H-pyrrole nitrogens is 1. The molecule has 1 saturated heterocycles. The number of nitrogens with zero attached hydrogens (tertiary/aromatic N) is 5. The number of likely N-dealkylation sites (tertiary alicyclic amines) is 1. The first-order chi connectivity index (χ1) is 15.4. The van der Waals surface area contributed by atoms with E-state index in [9.17, 15) is 13.6 Å². The molecule has 5 rings (SSSR count). The average molecular weight is 444 g/mol. The van der Waals surface area contributed by atoms with E-state index in [2.05, 4.69) is 39.4 Å². The molecule has 2 amide bonds. The van der Waals surface area contributed by atoms with Gasteiger partial charge in [-0.05, 0) is 37.7 Å². The Morgan fingerprint density at radius 3 is 2.84 bits per heavy atom. The number of aromatic amines is 1. The number of aromatic nitrogens is 5. The van der Waals surface area contributed by atoms with Crippen molar-refractivity contribution in [2.75, 3.05) is 11.9 Å². The first-order valence-corrected chi connectivity index (χ1v) is 11.1. The summed E-state index contributed by atoms with van der Waals surface area (Å²) >= 11 is 0. The third-order valence-electron chi connectivity index (χ3n) is 6.57. The number of halogens is 2. The zero-order valence-corrected chi connectivity index (χ0v) is 18.2. The van der Waals surface area contributed by atoms with E-state index in [1.54, 1.807) is 23.5 Å². The quantitative estimate of drug-likeness (QED) is 0.607. The molecule has 32 heavy (non-hydrogen) atoms. The highest BCUT2D eigenvalue weighted by molar-refractivity contribution is 5.94. The number of amides is 2. The number of alkyl halides is 2. The summed E-state index contributed by atoms with van der Waals surface area (Å²) in [6, 6.07) is 1.66. The van der Waals surface area contributed by atoms with Crippen molar-refractivity contribution in [3.8, 4) is 11.4 Å². The van der Waals surface area contributed by atoms with Gasteiger partial charge < -0.3 is 10.2 Å². The number of hydrogen-bond donors (Lipinski definition) is 2. The van der Waals surface area contributed by atoms with Crippen molar-refractivity contribution in [1.82, 2.24) is 29.9 Å². The van der Waals surface area contributed by atoms with E-state index < -0.39 is 17.9 Å². The van der Waals surface area contributed by atoms with Gasteiger partial charge in [-0.2, -0.15) is 10.2 Å². The van der Waals surface area contributed by atoms with Gasteiger partial charge in [-0.1, -0.05) is 13.8 Å². The summed E-state index contributed by atoms with van der Waals surface area (Å²) in [5, 5.41) is 15.4. The second-order valence-electron chi connectivity index (χ2n) is 9.40. The summed E-state index contributed by atoms with van der Waals surface area (Å²) in [6.07, 6.45) is 5.02. The highest BCUT2D eigenvalue weighted by Gasteiger charge is 2.54. The second-order valence-corrected chi connectivity index (χ2v) is 9.40. The maximum absolute atomic E-state index is 13.2. The van der Waals surface area contributed by atoms with E-state index in [1.165, 1.54) is 0 Å². The molecule has 1 spiro atoms. The van der Waals surface area contributed by atoms with Crippen molar-refractivity contribution in [1.29, 1.82) is 0 Å². The predicted molar refractivity (Wildman–Crippen MR) is 116 cm³/mol. The molecule has 1 atom stereocenters. The summed E-state index contributed by atoms with van der Waals surface area (Å²) < 4.78 is 28.4. The lowest BCUT2D eigenvalue weighted by Gasteiger charge is -2.39. The molecular formula is C22H27F2N7O. The molecule has 1 saturated carbocycles. The normalized spacial score (nSPS) is 19.9. The smallest absolute Gasteiger partial charge is 0.319 e. The van der Waals surface area contributed by atoms with Crippen LogP contribution in [0.5, 0.6) is 0 Å². The number of piperidine rings is 1. The molecule has 2 N–H and O–H groups in total. The van der Waals surface area contributed by atoms with Gasteiger partial charge in [-0.15, -0.1) is 0 Å². The van der Waals surface area contributed by atoms with Crippen LogP contribution < -0.4 is 5.32 Å². The molecule has 10 heteroatoms. The Bertz CT molecular complexity index is 1130. The van der Waals surface area contributed by atoms with Gasteiger partial charge in [0.05, 0.1) is 29.3 Å². The average Bonchev–Trinajstić information content (AvgIpc) is 3.18. The third-order valence-corrected chi connectivity index (χ3v) is 6.57. The largest absolute Gasteiger partial charge is 0.322 e. The van der Waals surface area contributed by atoms with Crippen molar-refractivity contribution < 1.29 is 13.6 Å². The molecule has 8 nitrogen and oxygen atoms in total. The standard InChI is InChI=1S/C22H27F2N7O/c1-13(2)12-31-18-7-16(25-9-15(18)10-27-31)19-17(11-26-29-19)28-21(32)30-6-3-14(20(23)24)8-22(30)4-5-22/h7,9-11,13-14,20H,3-6,8,12H2,1-2H3,(H,26,29)(H,28,32). The van der Waals surface area contributed by atoms with Crippen LogP contribution in [0.4, 0.5) is 19.3 Å². The van der Waals surface area contributed by atoms with E-state index in [0.29, 0.717) is 42.4 Å². The summed E-state index contributed by atoms with van der Waals surface area (Å²) in [4.78, 5) is 19.3. The van der Waals surface area contributed by atoms with Crippen LogP contribution in [0.25, 0.3) is 22.3 Å². The van der Waals surface area contributed by atoms with E-state index in [-0.39, 0.29) is 6.03 Å². The Hall–Kier alpha value is -3.04. The minimum Gasteiger partial charge on any atom is -0.319 e. The van der Waals surface area contributed by atoms with Crippen molar-refractivity contribution in [3.05, 3.63) is 24.7 Å². The third kappa shape index (κ3) is 3.71. The van der Waals surface area contributed by atoms with Crippen molar-refractivity contribution in [2.24, 2.45) is 11.8 Å². The van der Waals surface area contributed by atoms with Crippen LogP contribution >= 0.6 is 0 Å². The molecule has 3 aromatic heterocycles. The number of carbonyl (C=O) groups is 1. The highest BCUT2D eigenvalue weighted by atomic mass is 19.3. The number of hydrogen-bond acceptors (Lipinski definition) is 4. The van der Waals surface area contributed by atoms with Gasteiger partial charge in [-0.3, -0.25) is 14.8 Å². The van der Waals surface area contributed by atoms with Crippen LogP contribution in [0.3, 0.4) is 0 Å². The monoisotopic (exact) mass is 443 g/mol. The fraction of sp³-hybridized carbons (Fsp3) is 0.545. The van der Waals surface area contributed by atoms with Gasteiger partial charge in [0.2, 0.25) is 6.43 Å². The van der Waals surface area contributed by atoms with Gasteiger partial charge in [0.15, 0.2) is 0 Å². The number of fused-ring (bicyclic) bond motifs is 1. The Morgan fingerprint density at radius 2 is 2.12 bits per heavy atom. The van der Waals surface area contributed by atoms with E-state index in [4.69, 9.17) is 0 Å². The first-order valence-electron chi connectivity index (χ1n) is 11.1. The van der Waals surface area contributed by atoms with Gasteiger partial charge in [0, 0.05) is 36.1 Å². The Balaban J connectivity index is 1.37. The fourth-order valence-corrected chi connectivity index (χ4v) is 4.74. The molecule has 3 aromatic rings. The van der Waals surface area contributed by atoms with Gasteiger partial charge in [-0.25, -0.2) is 13.6 Å². The molecular weight excluding hydrogens is 416 g/mol. The molecule has 2 fully saturated rings. The predicted octanol–water partition coefficient (Wildman–Crippen LogP) is 4.52. The molecule has 0 aromatic carbocycles. The lowest BCUT2D eigenvalue weighted by Crippen LogP contribution is -2.50. The van der Waals surface area contributed by atoms with Gasteiger partial charge >= 0.3 is 6.03 Å². The highest BCUT2D eigenvalue weighted by Crippen LogP contribution is 2.51. The molecule has 2 aliphatic rings. The van der Waals surface area contributed by atoms with Crippen molar-refractivity contribution in [2.45, 2.75) is 58.0 Å². The minimum atomic E-state index is -2.33. The maximum atomic E-state index is 13.2. The molecule has 4 heterocycles. The summed E-state index contributed by atoms with van der Waals surface area (Å²) in [5.41, 5.74) is 2.30. The number of carbonyl (C=O) groups excluding carboxylic acids is 1. The van der Waals surface area contributed by atoms with E-state index in [0.717, 1.165) is 30.3 Å². The van der Waals surface area contributed by atoms with Gasteiger partial charge in [0.25, 0.3) is 0 Å². The molecule has 0 radical (unpaired) electrons. The summed E-state index contributed by atoms with van der Waals surface area (Å²) in [5.74, 6) is -0.182. The maximum Gasteiger partial charge on any atom is 0.322 e. The Morgan fingerprint density at radius 1 is 1.31 bits per heavy atom. The number of urea groups is 1. The van der Waals surface area contributed by atoms with Crippen molar-refractivity contribution >= 4 is 22.6 Å². The van der Waals surface area contributed by atoms with Crippen LogP contribution in [0.1, 0.15) is 39.5 Å². The molecule has 1 aliphatic heterocycles. The number of nitrogens with one attached hydrogen (secondary N) is 2. The van der Waals surface area contributed by atoms with Crippen LogP contribution in [0.15, 0.2) is 24.7 Å². The van der Waals surface area contributed by atoms with E-state index >= 15 is 0 Å². The van der Waals surface area contributed by atoms with Gasteiger partial charge in [0.1, 0.15) is 5.69 Å². The lowest BCUT2D eigenvalue weighted by molar-refractivity contribution is 0.0174. The Labute approximate surface area is 184 Å². The summed E-state index contributed by atoms with van der Waals surface area (Å²) in [7, 11) is 0. The minimum absolute atomic E-state index is 0.274. The molecule has 0 bridgehead atoms.